The summed E-state index contributed by atoms with van der Waals surface area (Å²) >= 11 is 6.06. The molecule has 0 amide bonds. The van der Waals surface area contributed by atoms with E-state index in [2.05, 4.69) is 17.5 Å². The number of hydrogen-bond acceptors (Lipinski definition) is 2. The zero-order valence-electron chi connectivity index (χ0n) is 7.76. The van der Waals surface area contributed by atoms with Crippen LogP contribution in [0, 0.1) is 11.3 Å². The number of para-hydroxylation sites is 1. The zero-order valence-corrected chi connectivity index (χ0v) is 8.51. The van der Waals surface area contributed by atoms with E-state index in [4.69, 9.17) is 16.9 Å². The second kappa shape index (κ2) is 3.89. The van der Waals surface area contributed by atoms with Crippen LogP contribution in [0.1, 0.15) is 24.3 Å². The van der Waals surface area contributed by atoms with Crippen molar-refractivity contribution in [2.45, 2.75) is 18.8 Å². The van der Waals surface area contributed by atoms with Crippen molar-refractivity contribution in [3.63, 3.8) is 0 Å². The summed E-state index contributed by atoms with van der Waals surface area (Å²) < 4.78 is 0. The molecular formula is C11H11ClN2. The van der Waals surface area contributed by atoms with Crippen LogP contribution >= 0.6 is 11.6 Å². The average Bonchev–Trinajstić information content (AvgIpc) is 2.20. The van der Waals surface area contributed by atoms with E-state index in [0.29, 0.717) is 12.3 Å². The van der Waals surface area contributed by atoms with Gasteiger partial charge in [0, 0.05) is 18.9 Å². The number of anilines is 1. The van der Waals surface area contributed by atoms with Gasteiger partial charge in [-0.3, -0.25) is 0 Å². The quantitative estimate of drug-likeness (QED) is 0.766. The maximum Gasteiger partial charge on any atom is 0.0640 e. The molecule has 1 unspecified atom stereocenters. The molecule has 0 saturated carbocycles. The zero-order chi connectivity index (χ0) is 9.97. The van der Waals surface area contributed by atoms with Gasteiger partial charge >= 0.3 is 0 Å². The molecule has 1 aliphatic rings. The molecule has 3 heteroatoms. The van der Waals surface area contributed by atoms with Crippen molar-refractivity contribution >= 4 is 17.3 Å². The van der Waals surface area contributed by atoms with E-state index in [9.17, 15) is 0 Å². The predicted molar refractivity (Wildman–Crippen MR) is 57.5 cm³/mol. The van der Waals surface area contributed by atoms with Crippen LogP contribution in [0.5, 0.6) is 0 Å². The van der Waals surface area contributed by atoms with Crippen LogP contribution < -0.4 is 5.32 Å². The molecule has 72 valence electrons. The lowest BCUT2D eigenvalue weighted by Gasteiger charge is -2.25. The van der Waals surface area contributed by atoms with Crippen LogP contribution in [0.15, 0.2) is 18.2 Å². The first-order valence-corrected chi connectivity index (χ1v) is 5.10. The van der Waals surface area contributed by atoms with Crippen LogP contribution in [0.3, 0.4) is 0 Å². The van der Waals surface area contributed by atoms with Crippen molar-refractivity contribution in [1.82, 2.24) is 0 Å². The van der Waals surface area contributed by atoms with E-state index in [0.717, 1.165) is 23.7 Å². The lowest BCUT2D eigenvalue weighted by molar-refractivity contribution is 0.641. The fourth-order valence-electron chi connectivity index (χ4n) is 1.92. The molecule has 1 N–H and O–H groups in total. The summed E-state index contributed by atoms with van der Waals surface area (Å²) in [6.07, 6.45) is 1.59. The Labute approximate surface area is 88.5 Å². The Morgan fingerprint density at radius 2 is 2.43 bits per heavy atom. The molecule has 0 fully saturated rings. The van der Waals surface area contributed by atoms with Crippen LogP contribution in [0.4, 0.5) is 5.69 Å². The van der Waals surface area contributed by atoms with Crippen molar-refractivity contribution in [3.8, 4) is 6.07 Å². The normalized spacial score (nSPS) is 19.3. The van der Waals surface area contributed by atoms with Crippen molar-refractivity contribution < 1.29 is 0 Å². The summed E-state index contributed by atoms with van der Waals surface area (Å²) in [7, 11) is 0. The number of benzene rings is 1. The highest BCUT2D eigenvalue weighted by molar-refractivity contribution is 6.33. The highest BCUT2D eigenvalue weighted by Crippen LogP contribution is 2.37. The lowest BCUT2D eigenvalue weighted by atomic mass is 9.89. The minimum atomic E-state index is 0.343. The Bertz CT molecular complexity index is 381. The first-order chi connectivity index (χ1) is 6.83. The van der Waals surface area contributed by atoms with E-state index in [1.807, 2.05) is 12.1 Å². The van der Waals surface area contributed by atoms with Gasteiger partial charge in [0.05, 0.1) is 16.8 Å². The van der Waals surface area contributed by atoms with Crippen LogP contribution in [-0.4, -0.2) is 6.54 Å². The molecule has 2 rings (SSSR count). The molecule has 1 aromatic rings. The Morgan fingerprint density at radius 1 is 1.57 bits per heavy atom. The van der Waals surface area contributed by atoms with Crippen molar-refractivity contribution in [2.24, 2.45) is 0 Å². The molecule has 0 saturated heterocycles. The maximum absolute atomic E-state index is 8.71. The van der Waals surface area contributed by atoms with E-state index < -0.39 is 0 Å². The average molecular weight is 207 g/mol. The summed E-state index contributed by atoms with van der Waals surface area (Å²) in [5.74, 6) is 0.343. The van der Waals surface area contributed by atoms with Gasteiger partial charge in [0.25, 0.3) is 0 Å². The summed E-state index contributed by atoms with van der Waals surface area (Å²) in [5.41, 5.74) is 2.20. The van der Waals surface area contributed by atoms with Crippen LogP contribution in [0.2, 0.25) is 5.02 Å². The second-order valence-corrected chi connectivity index (χ2v) is 3.89. The fraction of sp³-hybridized carbons (Fsp3) is 0.364. The Kier molecular flexibility index (Phi) is 2.60. The van der Waals surface area contributed by atoms with Gasteiger partial charge in [-0.1, -0.05) is 23.7 Å². The summed E-state index contributed by atoms with van der Waals surface area (Å²) in [5, 5.41) is 12.7. The molecule has 1 aromatic carbocycles. The van der Waals surface area contributed by atoms with Gasteiger partial charge < -0.3 is 5.32 Å². The number of hydrogen-bond donors (Lipinski definition) is 1. The number of halogens is 1. The molecule has 0 radical (unpaired) electrons. The molecule has 1 atom stereocenters. The second-order valence-electron chi connectivity index (χ2n) is 3.48. The van der Waals surface area contributed by atoms with Gasteiger partial charge in [-0.2, -0.15) is 5.26 Å². The molecule has 14 heavy (non-hydrogen) atoms. The lowest BCUT2D eigenvalue weighted by Crippen LogP contribution is -2.16. The third-order valence-corrected chi connectivity index (χ3v) is 2.93. The third-order valence-electron chi connectivity index (χ3n) is 2.62. The standard InChI is InChI=1S/C11H11ClN2/c12-10-3-1-2-9-8(4-6-13)5-7-14-11(9)10/h1-3,8,14H,4-5,7H2. The van der Waals surface area contributed by atoms with Gasteiger partial charge in [0.15, 0.2) is 0 Å². The van der Waals surface area contributed by atoms with Crippen molar-refractivity contribution in [3.05, 3.63) is 28.8 Å². The third kappa shape index (κ3) is 1.56. The molecule has 0 aromatic heterocycles. The van der Waals surface area contributed by atoms with Gasteiger partial charge in [-0.05, 0) is 18.1 Å². The van der Waals surface area contributed by atoms with Crippen molar-refractivity contribution in [1.29, 1.82) is 5.26 Å². The minimum Gasteiger partial charge on any atom is -0.384 e. The highest BCUT2D eigenvalue weighted by Gasteiger charge is 2.20. The molecule has 0 aliphatic carbocycles. The maximum atomic E-state index is 8.71. The van der Waals surface area contributed by atoms with Crippen LogP contribution in [-0.2, 0) is 0 Å². The fourth-order valence-corrected chi connectivity index (χ4v) is 2.17. The topological polar surface area (TPSA) is 35.8 Å². The summed E-state index contributed by atoms with van der Waals surface area (Å²) in [4.78, 5) is 0. The number of rotatable bonds is 1. The highest BCUT2D eigenvalue weighted by atomic mass is 35.5. The van der Waals surface area contributed by atoms with E-state index in [-0.39, 0.29) is 0 Å². The van der Waals surface area contributed by atoms with Gasteiger partial charge in [0.1, 0.15) is 0 Å². The largest absolute Gasteiger partial charge is 0.384 e. The minimum absolute atomic E-state index is 0.343. The summed E-state index contributed by atoms with van der Waals surface area (Å²) in [6, 6.07) is 8.10. The molecule has 0 bridgehead atoms. The molecule has 0 spiro atoms. The van der Waals surface area contributed by atoms with E-state index in [1.165, 1.54) is 5.56 Å². The number of fused-ring (bicyclic) bond motifs is 1. The van der Waals surface area contributed by atoms with Gasteiger partial charge in [0.2, 0.25) is 0 Å². The number of nitriles is 1. The first kappa shape index (κ1) is 9.36. The van der Waals surface area contributed by atoms with Gasteiger partial charge in [-0.15, -0.1) is 0 Å². The van der Waals surface area contributed by atoms with Crippen molar-refractivity contribution in [2.75, 3.05) is 11.9 Å². The van der Waals surface area contributed by atoms with E-state index in [1.54, 1.807) is 0 Å². The SMILES string of the molecule is N#CCC1CCNc2c(Cl)cccc21. The molecule has 1 heterocycles. The molecular weight excluding hydrogens is 196 g/mol. The summed E-state index contributed by atoms with van der Waals surface area (Å²) in [6.45, 7) is 0.906. The Hall–Kier alpha value is -1.20. The molecule has 2 nitrogen and oxygen atoms in total. The monoisotopic (exact) mass is 206 g/mol. The smallest absolute Gasteiger partial charge is 0.0640 e. The first-order valence-electron chi connectivity index (χ1n) is 4.72. The number of nitrogens with zero attached hydrogens (tertiary/aromatic N) is 1. The van der Waals surface area contributed by atoms with Gasteiger partial charge in [-0.25, -0.2) is 0 Å². The Balaban J connectivity index is 2.40. The molecule has 1 aliphatic heterocycles. The number of nitrogens with one attached hydrogen (secondary N) is 1. The van der Waals surface area contributed by atoms with E-state index >= 15 is 0 Å². The van der Waals surface area contributed by atoms with Crippen LogP contribution in [0.25, 0.3) is 0 Å². The predicted octanol–water partition coefficient (Wildman–Crippen LogP) is 3.15. The Morgan fingerprint density at radius 3 is 3.21 bits per heavy atom.